The predicted octanol–water partition coefficient (Wildman–Crippen LogP) is 2.54. The molecule has 0 atom stereocenters. The topological polar surface area (TPSA) is 32.8 Å². The van der Waals surface area contributed by atoms with E-state index in [1.807, 2.05) is 19.1 Å². The minimum Gasteiger partial charge on any atom is -0.453 e. The highest BCUT2D eigenvalue weighted by Crippen LogP contribution is 2.24. The molecule has 1 aliphatic heterocycles. The standard InChI is InChI=1S/C13H17ClN2O2/c1-10-3-4-11(9-12(10)14)15-5-7-16(8-6-15)13(17)18-2/h3-4,9H,5-8H2,1-2H3. The molecule has 0 aromatic heterocycles. The zero-order valence-electron chi connectivity index (χ0n) is 10.6. The molecule has 0 spiro atoms. The van der Waals surface area contributed by atoms with E-state index in [1.165, 1.54) is 7.11 Å². The van der Waals surface area contributed by atoms with Gasteiger partial charge in [0, 0.05) is 36.9 Å². The second-order valence-electron chi connectivity index (χ2n) is 4.38. The Balaban J connectivity index is 2.01. The van der Waals surface area contributed by atoms with Gasteiger partial charge in [-0.3, -0.25) is 0 Å². The number of carbonyl (C=O) groups excluding carboxylic acids is 1. The van der Waals surface area contributed by atoms with Crippen LogP contribution in [-0.4, -0.2) is 44.3 Å². The Morgan fingerprint density at radius 1 is 1.28 bits per heavy atom. The Bertz CT molecular complexity index is 443. The van der Waals surface area contributed by atoms with Gasteiger partial charge in [-0.05, 0) is 24.6 Å². The van der Waals surface area contributed by atoms with Gasteiger partial charge in [-0.15, -0.1) is 0 Å². The third-order valence-electron chi connectivity index (χ3n) is 3.23. The number of rotatable bonds is 1. The molecule has 2 rings (SSSR count). The normalized spacial score (nSPS) is 15.7. The van der Waals surface area contributed by atoms with E-state index in [-0.39, 0.29) is 6.09 Å². The lowest BCUT2D eigenvalue weighted by Crippen LogP contribution is -2.48. The number of anilines is 1. The summed E-state index contributed by atoms with van der Waals surface area (Å²) in [6.45, 7) is 4.95. The van der Waals surface area contributed by atoms with Crippen LogP contribution in [0.4, 0.5) is 10.5 Å². The largest absolute Gasteiger partial charge is 0.453 e. The van der Waals surface area contributed by atoms with E-state index in [4.69, 9.17) is 16.3 Å². The fourth-order valence-corrected chi connectivity index (χ4v) is 2.23. The zero-order valence-corrected chi connectivity index (χ0v) is 11.4. The number of ether oxygens (including phenoxy) is 1. The fourth-order valence-electron chi connectivity index (χ4n) is 2.05. The molecular formula is C13H17ClN2O2. The number of carbonyl (C=O) groups is 1. The summed E-state index contributed by atoms with van der Waals surface area (Å²) in [4.78, 5) is 15.3. The van der Waals surface area contributed by atoms with Crippen molar-refractivity contribution in [3.05, 3.63) is 28.8 Å². The highest BCUT2D eigenvalue weighted by Gasteiger charge is 2.21. The van der Waals surface area contributed by atoms with Gasteiger partial charge in [0.2, 0.25) is 0 Å². The van der Waals surface area contributed by atoms with E-state index in [0.717, 1.165) is 29.4 Å². The highest BCUT2D eigenvalue weighted by atomic mass is 35.5. The van der Waals surface area contributed by atoms with Gasteiger partial charge >= 0.3 is 6.09 Å². The van der Waals surface area contributed by atoms with E-state index >= 15 is 0 Å². The van der Waals surface area contributed by atoms with Gasteiger partial charge in [0.05, 0.1) is 7.11 Å². The molecule has 0 N–H and O–H groups in total. The number of aryl methyl sites for hydroxylation is 1. The lowest BCUT2D eigenvalue weighted by Gasteiger charge is -2.35. The van der Waals surface area contributed by atoms with E-state index in [1.54, 1.807) is 4.90 Å². The molecule has 4 nitrogen and oxygen atoms in total. The molecule has 0 aliphatic carbocycles. The lowest BCUT2D eigenvalue weighted by atomic mass is 10.2. The second-order valence-corrected chi connectivity index (χ2v) is 4.78. The van der Waals surface area contributed by atoms with Crippen LogP contribution in [0, 0.1) is 6.92 Å². The summed E-state index contributed by atoms with van der Waals surface area (Å²) in [5.41, 5.74) is 2.18. The van der Waals surface area contributed by atoms with Crippen molar-refractivity contribution in [3.63, 3.8) is 0 Å². The van der Waals surface area contributed by atoms with Crippen molar-refractivity contribution in [1.29, 1.82) is 0 Å². The lowest BCUT2D eigenvalue weighted by molar-refractivity contribution is 0.121. The van der Waals surface area contributed by atoms with Crippen LogP contribution in [-0.2, 0) is 4.74 Å². The SMILES string of the molecule is COC(=O)N1CCN(c2ccc(C)c(Cl)c2)CC1. The molecule has 0 saturated carbocycles. The average molecular weight is 269 g/mol. The molecule has 0 bridgehead atoms. The molecule has 1 aromatic rings. The van der Waals surface area contributed by atoms with E-state index in [2.05, 4.69) is 11.0 Å². The summed E-state index contributed by atoms with van der Waals surface area (Å²) >= 11 is 6.12. The van der Waals surface area contributed by atoms with Gasteiger partial charge in [-0.1, -0.05) is 17.7 Å². The molecule has 1 heterocycles. The maximum Gasteiger partial charge on any atom is 0.409 e. The van der Waals surface area contributed by atoms with Crippen LogP contribution in [0.5, 0.6) is 0 Å². The van der Waals surface area contributed by atoms with Crippen LogP contribution in [0.25, 0.3) is 0 Å². The number of nitrogens with zero attached hydrogens (tertiary/aromatic N) is 2. The molecule has 0 unspecified atom stereocenters. The van der Waals surface area contributed by atoms with Crippen molar-refractivity contribution in [2.24, 2.45) is 0 Å². The Hall–Kier alpha value is -1.42. The summed E-state index contributed by atoms with van der Waals surface area (Å²) in [7, 11) is 1.41. The van der Waals surface area contributed by atoms with Gasteiger partial charge in [-0.2, -0.15) is 0 Å². The van der Waals surface area contributed by atoms with Crippen molar-refractivity contribution in [1.82, 2.24) is 4.90 Å². The van der Waals surface area contributed by atoms with E-state index < -0.39 is 0 Å². The minimum atomic E-state index is -0.253. The van der Waals surface area contributed by atoms with Gasteiger partial charge in [0.15, 0.2) is 0 Å². The number of amides is 1. The van der Waals surface area contributed by atoms with Gasteiger partial charge in [0.25, 0.3) is 0 Å². The van der Waals surface area contributed by atoms with Crippen LogP contribution in [0.1, 0.15) is 5.56 Å². The number of piperazine rings is 1. The first-order chi connectivity index (χ1) is 8.61. The molecular weight excluding hydrogens is 252 g/mol. The van der Waals surface area contributed by atoms with Crippen LogP contribution in [0.2, 0.25) is 5.02 Å². The smallest absolute Gasteiger partial charge is 0.409 e. The Kier molecular flexibility index (Phi) is 3.97. The minimum absolute atomic E-state index is 0.253. The first-order valence-electron chi connectivity index (χ1n) is 5.96. The first-order valence-corrected chi connectivity index (χ1v) is 6.33. The molecule has 0 radical (unpaired) electrons. The summed E-state index contributed by atoms with van der Waals surface area (Å²) in [6, 6.07) is 6.06. The van der Waals surface area contributed by atoms with E-state index in [9.17, 15) is 4.79 Å². The van der Waals surface area contributed by atoms with Crippen LogP contribution in [0.15, 0.2) is 18.2 Å². The van der Waals surface area contributed by atoms with Crippen molar-refractivity contribution < 1.29 is 9.53 Å². The zero-order chi connectivity index (χ0) is 13.1. The Morgan fingerprint density at radius 2 is 1.94 bits per heavy atom. The summed E-state index contributed by atoms with van der Waals surface area (Å²) in [5, 5.41) is 0.780. The quantitative estimate of drug-likeness (QED) is 0.785. The molecule has 1 amide bonds. The number of hydrogen-bond donors (Lipinski definition) is 0. The number of halogens is 1. The van der Waals surface area contributed by atoms with Crippen molar-refractivity contribution in [3.8, 4) is 0 Å². The maximum atomic E-state index is 11.4. The van der Waals surface area contributed by atoms with Gasteiger partial charge in [0.1, 0.15) is 0 Å². The van der Waals surface area contributed by atoms with Crippen molar-refractivity contribution in [2.75, 3.05) is 38.2 Å². The highest BCUT2D eigenvalue weighted by molar-refractivity contribution is 6.31. The van der Waals surface area contributed by atoms with Gasteiger partial charge < -0.3 is 14.5 Å². The molecule has 1 aliphatic rings. The predicted molar refractivity (Wildman–Crippen MR) is 72.4 cm³/mol. The van der Waals surface area contributed by atoms with E-state index in [0.29, 0.717) is 13.1 Å². The van der Waals surface area contributed by atoms with Crippen molar-refractivity contribution >= 4 is 23.4 Å². The number of hydrogen-bond acceptors (Lipinski definition) is 3. The maximum absolute atomic E-state index is 11.4. The Labute approximate surface area is 112 Å². The molecule has 1 saturated heterocycles. The van der Waals surface area contributed by atoms with Crippen LogP contribution < -0.4 is 4.90 Å². The molecule has 18 heavy (non-hydrogen) atoms. The second kappa shape index (κ2) is 5.48. The number of methoxy groups -OCH3 is 1. The average Bonchev–Trinajstić information content (AvgIpc) is 2.41. The number of benzene rings is 1. The van der Waals surface area contributed by atoms with Crippen molar-refractivity contribution in [2.45, 2.75) is 6.92 Å². The molecule has 1 aromatic carbocycles. The van der Waals surface area contributed by atoms with Crippen LogP contribution >= 0.6 is 11.6 Å². The third kappa shape index (κ3) is 2.70. The first kappa shape index (κ1) is 13.0. The Morgan fingerprint density at radius 3 is 2.50 bits per heavy atom. The summed E-state index contributed by atoms with van der Waals surface area (Å²) in [5.74, 6) is 0. The van der Waals surface area contributed by atoms with Crippen LogP contribution in [0.3, 0.4) is 0 Å². The monoisotopic (exact) mass is 268 g/mol. The fraction of sp³-hybridized carbons (Fsp3) is 0.462. The molecule has 5 heteroatoms. The summed E-state index contributed by atoms with van der Waals surface area (Å²) in [6.07, 6.45) is -0.253. The van der Waals surface area contributed by atoms with Gasteiger partial charge in [-0.25, -0.2) is 4.79 Å². The third-order valence-corrected chi connectivity index (χ3v) is 3.64. The molecule has 1 fully saturated rings. The molecule has 98 valence electrons. The summed E-state index contributed by atoms with van der Waals surface area (Å²) < 4.78 is 4.71.